The molecule has 0 aromatic heterocycles. The first kappa shape index (κ1) is 30.5. The molecule has 2 aromatic rings. The Morgan fingerprint density at radius 1 is 0.895 bits per heavy atom. The van der Waals surface area contributed by atoms with E-state index in [9.17, 15) is 19.2 Å². The molecule has 0 heterocycles. The summed E-state index contributed by atoms with van der Waals surface area (Å²) in [5.41, 5.74) is 7.35. The van der Waals surface area contributed by atoms with E-state index in [4.69, 9.17) is 15.2 Å². The number of ketones is 1. The second-order valence-electron chi connectivity index (χ2n) is 10.3. The second-order valence-corrected chi connectivity index (χ2v) is 10.3. The first-order valence-electron chi connectivity index (χ1n) is 12.8. The minimum atomic E-state index is -1.01. The number of aryl methyl sites for hydroxylation is 1. The van der Waals surface area contributed by atoms with Crippen LogP contribution >= 0.6 is 0 Å². The number of rotatable bonds is 13. The molecule has 0 saturated carbocycles. The topological polar surface area (TPSA) is 137 Å². The first-order valence-corrected chi connectivity index (χ1v) is 12.8. The highest BCUT2D eigenvalue weighted by molar-refractivity contribution is 5.98. The molecule has 0 spiro atoms. The number of amides is 3. The van der Waals surface area contributed by atoms with Crippen molar-refractivity contribution in [3.05, 3.63) is 65.7 Å². The van der Waals surface area contributed by atoms with Crippen molar-refractivity contribution in [3.63, 3.8) is 0 Å². The highest BCUT2D eigenvalue weighted by atomic mass is 16.6. The Morgan fingerprint density at radius 3 is 2.18 bits per heavy atom. The second kappa shape index (κ2) is 14.9. The van der Waals surface area contributed by atoms with E-state index in [1.54, 1.807) is 27.7 Å². The fourth-order valence-electron chi connectivity index (χ4n) is 3.38. The highest BCUT2D eigenvalue weighted by Gasteiger charge is 2.24. The number of ether oxygens (including phenoxy) is 2. The number of hydrogen-bond acceptors (Lipinski definition) is 7. The SMILES string of the molecule is CC(CNC(=O)OC(C)(C)C)C(N)C(=O)NC(=O)CCC(=O)CCc1ccc(OCc2ccccc2)cc1. The van der Waals surface area contributed by atoms with Crippen molar-refractivity contribution in [1.29, 1.82) is 0 Å². The summed E-state index contributed by atoms with van der Waals surface area (Å²) in [5.74, 6) is -0.983. The standard InChI is InChI=1S/C29H39N3O6/c1-20(18-31-28(36)38-29(2,3)4)26(30)27(35)32-25(34)17-14-23(33)13-10-21-11-15-24(16-12-21)37-19-22-8-6-5-7-9-22/h5-9,11-12,15-16,20,26H,10,13-14,17-19,30H2,1-4H3,(H,31,36)(H,32,34,35). The Kier molecular flexibility index (Phi) is 11.9. The molecule has 2 unspecified atom stereocenters. The molecule has 4 N–H and O–H groups in total. The average molecular weight is 526 g/mol. The summed E-state index contributed by atoms with van der Waals surface area (Å²) < 4.78 is 10.9. The molecule has 3 amide bonds. The van der Waals surface area contributed by atoms with Gasteiger partial charge in [-0.1, -0.05) is 49.4 Å². The van der Waals surface area contributed by atoms with Gasteiger partial charge in [0.2, 0.25) is 11.8 Å². The van der Waals surface area contributed by atoms with Crippen LogP contribution in [-0.4, -0.2) is 41.9 Å². The van der Waals surface area contributed by atoms with Crippen molar-refractivity contribution in [3.8, 4) is 5.75 Å². The molecule has 2 rings (SSSR count). The van der Waals surface area contributed by atoms with Gasteiger partial charge in [0.25, 0.3) is 0 Å². The van der Waals surface area contributed by atoms with Gasteiger partial charge in [-0.3, -0.25) is 19.7 Å². The van der Waals surface area contributed by atoms with E-state index in [-0.39, 0.29) is 25.2 Å². The molecule has 38 heavy (non-hydrogen) atoms. The van der Waals surface area contributed by atoms with E-state index in [0.717, 1.165) is 16.9 Å². The van der Waals surface area contributed by atoms with E-state index in [0.29, 0.717) is 19.4 Å². The maximum absolute atomic E-state index is 12.3. The molecular weight excluding hydrogens is 486 g/mol. The van der Waals surface area contributed by atoms with E-state index in [1.807, 2.05) is 54.6 Å². The van der Waals surface area contributed by atoms with Crippen LogP contribution in [-0.2, 0) is 32.1 Å². The van der Waals surface area contributed by atoms with Crippen LogP contribution in [0.4, 0.5) is 4.79 Å². The van der Waals surface area contributed by atoms with Gasteiger partial charge in [-0.2, -0.15) is 0 Å². The van der Waals surface area contributed by atoms with E-state index >= 15 is 0 Å². The molecule has 0 aliphatic carbocycles. The summed E-state index contributed by atoms with van der Waals surface area (Å²) in [5, 5.41) is 4.79. The number of nitrogens with one attached hydrogen (secondary N) is 2. The normalized spacial score (nSPS) is 12.7. The number of carbonyl (C=O) groups is 4. The number of nitrogens with two attached hydrogens (primary N) is 1. The molecule has 0 saturated heterocycles. The van der Waals surface area contributed by atoms with Gasteiger partial charge in [0.1, 0.15) is 23.7 Å². The van der Waals surface area contributed by atoms with Crippen LogP contribution in [0.1, 0.15) is 58.1 Å². The number of carbonyl (C=O) groups excluding carboxylic acids is 4. The van der Waals surface area contributed by atoms with Crippen LogP contribution in [0.3, 0.4) is 0 Å². The van der Waals surface area contributed by atoms with E-state index < -0.39 is 35.5 Å². The minimum Gasteiger partial charge on any atom is -0.489 e. The van der Waals surface area contributed by atoms with E-state index in [2.05, 4.69) is 10.6 Å². The van der Waals surface area contributed by atoms with Crippen molar-refractivity contribution in [2.24, 2.45) is 11.7 Å². The third kappa shape index (κ3) is 12.0. The molecule has 2 aromatic carbocycles. The fourth-order valence-corrected chi connectivity index (χ4v) is 3.38. The largest absolute Gasteiger partial charge is 0.489 e. The zero-order valence-electron chi connectivity index (χ0n) is 22.6. The Bertz CT molecular complexity index is 1060. The quantitative estimate of drug-likeness (QED) is 0.363. The first-order chi connectivity index (χ1) is 17.9. The predicted molar refractivity (Wildman–Crippen MR) is 144 cm³/mol. The number of alkyl carbamates (subject to hydrolysis) is 1. The lowest BCUT2D eigenvalue weighted by atomic mass is 10.0. The van der Waals surface area contributed by atoms with Crippen LogP contribution in [0.2, 0.25) is 0 Å². The van der Waals surface area contributed by atoms with Crippen LogP contribution < -0.4 is 21.1 Å². The smallest absolute Gasteiger partial charge is 0.407 e. The summed E-state index contributed by atoms with van der Waals surface area (Å²) in [6.07, 6.45) is 0.152. The van der Waals surface area contributed by atoms with Crippen molar-refractivity contribution < 1.29 is 28.7 Å². The van der Waals surface area contributed by atoms with Gasteiger partial charge < -0.3 is 20.5 Å². The summed E-state index contributed by atoms with van der Waals surface area (Å²) in [7, 11) is 0. The third-order valence-electron chi connectivity index (χ3n) is 5.64. The lowest BCUT2D eigenvalue weighted by Gasteiger charge is -2.22. The van der Waals surface area contributed by atoms with Gasteiger partial charge in [0, 0.05) is 25.8 Å². The molecule has 206 valence electrons. The van der Waals surface area contributed by atoms with Crippen molar-refractivity contribution in [2.75, 3.05) is 6.54 Å². The van der Waals surface area contributed by atoms with Crippen LogP contribution in [0.5, 0.6) is 5.75 Å². The number of hydrogen-bond donors (Lipinski definition) is 3. The zero-order valence-corrected chi connectivity index (χ0v) is 22.6. The van der Waals surface area contributed by atoms with Gasteiger partial charge in [-0.05, 0) is 56.4 Å². The number of benzene rings is 2. The van der Waals surface area contributed by atoms with Crippen molar-refractivity contribution in [2.45, 2.75) is 71.6 Å². The zero-order chi connectivity index (χ0) is 28.1. The van der Waals surface area contributed by atoms with Crippen LogP contribution in [0.15, 0.2) is 54.6 Å². The highest BCUT2D eigenvalue weighted by Crippen LogP contribution is 2.16. The monoisotopic (exact) mass is 525 g/mol. The average Bonchev–Trinajstić information content (AvgIpc) is 2.87. The molecule has 9 heteroatoms. The van der Waals surface area contributed by atoms with E-state index in [1.165, 1.54) is 0 Å². The van der Waals surface area contributed by atoms with Crippen molar-refractivity contribution in [1.82, 2.24) is 10.6 Å². The lowest BCUT2D eigenvalue weighted by Crippen LogP contribution is -2.49. The van der Waals surface area contributed by atoms with Gasteiger partial charge in [-0.15, -0.1) is 0 Å². The molecular formula is C29H39N3O6. The summed E-state index contributed by atoms with van der Waals surface area (Å²) in [4.78, 5) is 48.4. The number of imide groups is 1. The summed E-state index contributed by atoms with van der Waals surface area (Å²) in [6, 6.07) is 16.4. The fraction of sp³-hybridized carbons (Fsp3) is 0.448. The van der Waals surface area contributed by atoms with Crippen LogP contribution in [0, 0.1) is 5.92 Å². The summed E-state index contributed by atoms with van der Waals surface area (Å²) in [6.45, 7) is 7.49. The van der Waals surface area contributed by atoms with Gasteiger partial charge in [-0.25, -0.2) is 4.79 Å². The van der Waals surface area contributed by atoms with Gasteiger partial charge in [0.15, 0.2) is 0 Å². The Balaban J connectivity index is 1.65. The third-order valence-corrected chi connectivity index (χ3v) is 5.64. The molecule has 2 atom stereocenters. The molecule has 0 bridgehead atoms. The van der Waals surface area contributed by atoms with Gasteiger partial charge >= 0.3 is 6.09 Å². The maximum Gasteiger partial charge on any atom is 0.407 e. The Hall–Kier alpha value is -3.72. The minimum absolute atomic E-state index is 0.0301. The van der Waals surface area contributed by atoms with Gasteiger partial charge in [0.05, 0.1) is 6.04 Å². The Morgan fingerprint density at radius 2 is 1.55 bits per heavy atom. The molecule has 0 fully saturated rings. The predicted octanol–water partition coefficient (Wildman–Crippen LogP) is 3.68. The lowest BCUT2D eigenvalue weighted by molar-refractivity contribution is -0.133. The molecule has 9 nitrogen and oxygen atoms in total. The number of Topliss-reactive ketones (excluding diaryl/α,β-unsaturated/α-hetero) is 1. The maximum atomic E-state index is 12.3. The molecule has 0 aliphatic rings. The van der Waals surface area contributed by atoms with Crippen LogP contribution in [0.25, 0.3) is 0 Å². The Labute approximate surface area is 224 Å². The van der Waals surface area contributed by atoms with Crippen molar-refractivity contribution >= 4 is 23.7 Å². The summed E-state index contributed by atoms with van der Waals surface area (Å²) >= 11 is 0. The molecule has 0 radical (unpaired) electrons. The molecule has 0 aliphatic heterocycles.